The molecule has 22 heavy (non-hydrogen) atoms. The molecule has 0 saturated carbocycles. The molecule has 0 aromatic heterocycles. The van der Waals surface area contributed by atoms with Crippen LogP contribution in [0.3, 0.4) is 0 Å². The Morgan fingerprint density at radius 2 is 1.91 bits per heavy atom. The number of hydrogen-bond acceptors (Lipinski definition) is 5. The van der Waals surface area contributed by atoms with Crippen LogP contribution in [0.25, 0.3) is 0 Å². The lowest BCUT2D eigenvalue weighted by Gasteiger charge is -2.07. The molecule has 6 nitrogen and oxygen atoms in total. The van der Waals surface area contributed by atoms with E-state index >= 15 is 0 Å². The summed E-state index contributed by atoms with van der Waals surface area (Å²) in [6, 6.07) is 11.3. The van der Waals surface area contributed by atoms with Crippen molar-refractivity contribution in [2.45, 2.75) is 0 Å². The molecule has 0 unspecified atom stereocenters. The Morgan fingerprint density at radius 3 is 2.59 bits per heavy atom. The number of hydrazone groups is 1. The van der Waals surface area contributed by atoms with E-state index in [0.29, 0.717) is 17.1 Å². The Kier molecular flexibility index (Phi) is 4.98. The number of carbonyl (C=O) groups is 1. The minimum absolute atomic E-state index is 0.0246. The van der Waals surface area contributed by atoms with Crippen molar-refractivity contribution in [1.29, 1.82) is 0 Å². The van der Waals surface area contributed by atoms with Crippen molar-refractivity contribution in [2.75, 3.05) is 14.2 Å². The number of rotatable bonds is 5. The molecule has 0 aliphatic rings. The maximum atomic E-state index is 11.8. The topological polar surface area (TPSA) is 80.2 Å². The third kappa shape index (κ3) is 3.76. The quantitative estimate of drug-likeness (QED) is 0.655. The van der Waals surface area contributed by atoms with Gasteiger partial charge in [-0.1, -0.05) is 6.07 Å². The van der Waals surface area contributed by atoms with Crippen LogP contribution < -0.4 is 14.9 Å². The van der Waals surface area contributed by atoms with Gasteiger partial charge in [-0.2, -0.15) is 5.10 Å². The van der Waals surface area contributed by atoms with Gasteiger partial charge in [0.15, 0.2) is 11.5 Å². The molecule has 1 amide bonds. The lowest BCUT2D eigenvalue weighted by atomic mass is 10.2. The van der Waals surface area contributed by atoms with Crippen LogP contribution in [0.15, 0.2) is 47.6 Å². The zero-order valence-electron chi connectivity index (χ0n) is 12.2. The number of nitrogens with one attached hydrogen (secondary N) is 1. The molecule has 0 fully saturated rings. The van der Waals surface area contributed by atoms with E-state index in [1.165, 1.54) is 18.3 Å². The number of ether oxygens (including phenoxy) is 2. The van der Waals surface area contributed by atoms with Crippen molar-refractivity contribution in [2.24, 2.45) is 5.10 Å². The van der Waals surface area contributed by atoms with Crippen molar-refractivity contribution in [1.82, 2.24) is 5.43 Å². The predicted molar refractivity (Wildman–Crippen MR) is 82.7 cm³/mol. The zero-order chi connectivity index (χ0) is 15.9. The fourth-order valence-electron chi connectivity index (χ4n) is 1.81. The fraction of sp³-hybridized carbons (Fsp3) is 0.125. The Hall–Kier alpha value is -3.02. The molecule has 0 radical (unpaired) electrons. The summed E-state index contributed by atoms with van der Waals surface area (Å²) < 4.78 is 10.3. The lowest BCUT2D eigenvalue weighted by Crippen LogP contribution is -2.17. The van der Waals surface area contributed by atoms with Crippen LogP contribution in [-0.2, 0) is 0 Å². The zero-order valence-corrected chi connectivity index (χ0v) is 12.2. The number of hydrogen-bond donors (Lipinski definition) is 2. The summed E-state index contributed by atoms with van der Waals surface area (Å²) in [6.07, 6.45) is 1.49. The van der Waals surface area contributed by atoms with Gasteiger partial charge in [0.1, 0.15) is 5.75 Å². The Morgan fingerprint density at radius 1 is 1.14 bits per heavy atom. The number of phenols is 1. The summed E-state index contributed by atoms with van der Waals surface area (Å²) >= 11 is 0. The van der Waals surface area contributed by atoms with Gasteiger partial charge in [0.2, 0.25) is 0 Å². The maximum absolute atomic E-state index is 11.8. The number of methoxy groups -OCH3 is 2. The molecule has 0 saturated heterocycles. The smallest absolute Gasteiger partial charge is 0.271 e. The standard InChI is InChI=1S/C16H16N2O4/c1-21-14-7-6-11(8-15(14)22-2)10-17-18-16(20)12-4-3-5-13(19)9-12/h3-10,19H,1-2H3,(H,18,20)/b17-10+. The molecule has 0 atom stereocenters. The summed E-state index contributed by atoms with van der Waals surface area (Å²) in [7, 11) is 3.10. The molecule has 114 valence electrons. The number of phenolic OH excluding ortho intramolecular Hbond substituents is 1. The first kappa shape index (κ1) is 15.4. The average Bonchev–Trinajstić information content (AvgIpc) is 2.54. The van der Waals surface area contributed by atoms with Crippen molar-refractivity contribution in [3.63, 3.8) is 0 Å². The van der Waals surface area contributed by atoms with Crippen LogP contribution >= 0.6 is 0 Å². The van der Waals surface area contributed by atoms with Crippen molar-refractivity contribution in [3.05, 3.63) is 53.6 Å². The summed E-state index contributed by atoms with van der Waals surface area (Å²) in [6.45, 7) is 0. The molecular weight excluding hydrogens is 284 g/mol. The van der Waals surface area contributed by atoms with E-state index in [1.807, 2.05) is 0 Å². The number of benzene rings is 2. The normalized spacial score (nSPS) is 10.5. The molecule has 6 heteroatoms. The minimum Gasteiger partial charge on any atom is -0.508 e. The average molecular weight is 300 g/mol. The Bertz CT molecular complexity index is 698. The van der Waals surface area contributed by atoms with Gasteiger partial charge >= 0.3 is 0 Å². The molecule has 0 bridgehead atoms. The monoisotopic (exact) mass is 300 g/mol. The first-order valence-electron chi connectivity index (χ1n) is 6.48. The molecule has 0 heterocycles. The minimum atomic E-state index is -0.410. The van der Waals surface area contributed by atoms with Crippen molar-refractivity contribution < 1.29 is 19.4 Å². The van der Waals surface area contributed by atoms with Gasteiger partial charge in [0, 0.05) is 5.56 Å². The molecule has 2 N–H and O–H groups in total. The van der Waals surface area contributed by atoms with Crippen LogP contribution in [0.5, 0.6) is 17.2 Å². The Balaban J connectivity index is 2.05. The fourth-order valence-corrected chi connectivity index (χ4v) is 1.81. The van der Waals surface area contributed by atoms with E-state index < -0.39 is 5.91 Å². The third-order valence-corrected chi connectivity index (χ3v) is 2.90. The van der Waals surface area contributed by atoms with E-state index in [9.17, 15) is 9.90 Å². The third-order valence-electron chi connectivity index (χ3n) is 2.90. The van der Waals surface area contributed by atoms with Crippen molar-refractivity contribution in [3.8, 4) is 17.2 Å². The number of nitrogens with zero attached hydrogens (tertiary/aromatic N) is 1. The van der Waals surface area contributed by atoms with Crippen LogP contribution in [0.4, 0.5) is 0 Å². The van der Waals surface area contributed by atoms with E-state index in [-0.39, 0.29) is 5.75 Å². The highest BCUT2D eigenvalue weighted by molar-refractivity contribution is 5.95. The second-order valence-corrected chi connectivity index (χ2v) is 4.36. The Labute approximate surface area is 128 Å². The first-order chi connectivity index (χ1) is 10.6. The van der Waals surface area contributed by atoms with Crippen LogP contribution in [0.2, 0.25) is 0 Å². The molecule has 2 aromatic rings. The number of aromatic hydroxyl groups is 1. The SMILES string of the molecule is COc1ccc(/C=N/NC(=O)c2cccc(O)c2)cc1OC. The van der Waals surface area contributed by atoms with Gasteiger partial charge in [0.25, 0.3) is 5.91 Å². The van der Waals surface area contributed by atoms with Crippen LogP contribution in [-0.4, -0.2) is 31.4 Å². The summed E-state index contributed by atoms with van der Waals surface area (Å²) in [5, 5.41) is 13.2. The van der Waals surface area contributed by atoms with E-state index in [0.717, 1.165) is 5.56 Å². The summed E-state index contributed by atoms with van der Waals surface area (Å²) in [5.41, 5.74) is 3.46. The van der Waals surface area contributed by atoms with E-state index in [2.05, 4.69) is 10.5 Å². The first-order valence-corrected chi connectivity index (χ1v) is 6.48. The van der Waals surface area contributed by atoms with Gasteiger partial charge in [-0.25, -0.2) is 5.43 Å². The second-order valence-electron chi connectivity index (χ2n) is 4.36. The van der Waals surface area contributed by atoms with Crippen LogP contribution in [0.1, 0.15) is 15.9 Å². The van der Waals surface area contributed by atoms with Crippen LogP contribution in [0, 0.1) is 0 Å². The molecule has 0 spiro atoms. The molecule has 0 aliphatic heterocycles. The summed E-state index contributed by atoms with van der Waals surface area (Å²) in [4.78, 5) is 11.8. The highest BCUT2D eigenvalue weighted by Crippen LogP contribution is 2.26. The second kappa shape index (κ2) is 7.12. The highest BCUT2D eigenvalue weighted by atomic mass is 16.5. The molecule has 0 aliphatic carbocycles. The van der Waals surface area contributed by atoms with Gasteiger partial charge in [-0.3, -0.25) is 4.79 Å². The molecular formula is C16H16N2O4. The largest absolute Gasteiger partial charge is 0.508 e. The number of amides is 1. The van der Waals surface area contributed by atoms with Gasteiger partial charge < -0.3 is 14.6 Å². The van der Waals surface area contributed by atoms with Gasteiger partial charge in [-0.05, 0) is 42.0 Å². The van der Waals surface area contributed by atoms with Crippen molar-refractivity contribution >= 4 is 12.1 Å². The lowest BCUT2D eigenvalue weighted by molar-refractivity contribution is 0.0954. The summed E-state index contributed by atoms with van der Waals surface area (Å²) in [5.74, 6) is 0.804. The van der Waals surface area contributed by atoms with E-state index in [1.54, 1.807) is 44.6 Å². The van der Waals surface area contributed by atoms with Gasteiger partial charge in [-0.15, -0.1) is 0 Å². The van der Waals surface area contributed by atoms with E-state index in [4.69, 9.17) is 9.47 Å². The molecule has 2 rings (SSSR count). The number of carbonyl (C=O) groups excluding carboxylic acids is 1. The van der Waals surface area contributed by atoms with Gasteiger partial charge in [0.05, 0.1) is 20.4 Å². The predicted octanol–water partition coefficient (Wildman–Crippen LogP) is 2.17. The maximum Gasteiger partial charge on any atom is 0.271 e. The highest BCUT2D eigenvalue weighted by Gasteiger charge is 2.05. The molecule has 2 aromatic carbocycles.